The SMILES string of the molecule is CC(C)C(N)C(=O)Nc1cccc(O)c1.Cl. The molecular weight excluding hydrogens is 228 g/mol. The first-order valence-electron chi connectivity index (χ1n) is 4.86. The fraction of sp³-hybridized carbons (Fsp3) is 0.364. The molecule has 0 aliphatic rings. The minimum Gasteiger partial charge on any atom is -0.508 e. The Morgan fingerprint density at radius 1 is 1.44 bits per heavy atom. The van der Waals surface area contributed by atoms with Gasteiger partial charge in [0.1, 0.15) is 5.75 Å². The Morgan fingerprint density at radius 2 is 2.06 bits per heavy atom. The molecule has 0 aromatic heterocycles. The van der Waals surface area contributed by atoms with Gasteiger partial charge in [-0.25, -0.2) is 0 Å². The molecule has 0 aliphatic heterocycles. The highest BCUT2D eigenvalue weighted by Crippen LogP contribution is 2.15. The van der Waals surface area contributed by atoms with Crippen molar-refractivity contribution in [3.63, 3.8) is 0 Å². The van der Waals surface area contributed by atoms with Gasteiger partial charge in [-0.15, -0.1) is 12.4 Å². The topological polar surface area (TPSA) is 75.4 Å². The van der Waals surface area contributed by atoms with Crippen LogP contribution >= 0.6 is 12.4 Å². The summed E-state index contributed by atoms with van der Waals surface area (Å²) in [6, 6.07) is 5.84. The van der Waals surface area contributed by atoms with E-state index in [1.54, 1.807) is 12.1 Å². The number of amides is 1. The van der Waals surface area contributed by atoms with Crippen LogP contribution < -0.4 is 11.1 Å². The number of phenols is 1. The minimum absolute atomic E-state index is 0. The van der Waals surface area contributed by atoms with Crippen molar-refractivity contribution in [2.75, 3.05) is 5.32 Å². The molecule has 1 aromatic rings. The van der Waals surface area contributed by atoms with E-state index in [2.05, 4.69) is 5.32 Å². The van der Waals surface area contributed by atoms with Gasteiger partial charge in [0.2, 0.25) is 5.91 Å². The monoisotopic (exact) mass is 244 g/mol. The van der Waals surface area contributed by atoms with Gasteiger partial charge in [0.05, 0.1) is 6.04 Å². The van der Waals surface area contributed by atoms with Gasteiger partial charge in [-0.1, -0.05) is 19.9 Å². The lowest BCUT2D eigenvalue weighted by Gasteiger charge is -2.15. The molecule has 1 atom stereocenters. The molecule has 1 rings (SSSR count). The maximum atomic E-state index is 11.5. The molecule has 0 radical (unpaired) electrons. The summed E-state index contributed by atoms with van der Waals surface area (Å²) >= 11 is 0. The summed E-state index contributed by atoms with van der Waals surface area (Å²) in [7, 11) is 0. The fourth-order valence-electron chi connectivity index (χ4n) is 1.11. The van der Waals surface area contributed by atoms with Crippen molar-refractivity contribution in [3.8, 4) is 5.75 Å². The third-order valence-electron chi connectivity index (χ3n) is 2.13. The number of nitrogens with one attached hydrogen (secondary N) is 1. The number of halogens is 1. The first-order valence-corrected chi connectivity index (χ1v) is 4.86. The zero-order valence-electron chi connectivity index (χ0n) is 9.31. The van der Waals surface area contributed by atoms with Crippen molar-refractivity contribution in [2.24, 2.45) is 11.7 Å². The number of anilines is 1. The van der Waals surface area contributed by atoms with Gasteiger partial charge in [0.15, 0.2) is 0 Å². The summed E-state index contributed by atoms with van der Waals surface area (Å²) < 4.78 is 0. The molecule has 0 spiro atoms. The van der Waals surface area contributed by atoms with E-state index in [0.717, 1.165) is 0 Å². The molecule has 0 fully saturated rings. The maximum Gasteiger partial charge on any atom is 0.241 e. The fourth-order valence-corrected chi connectivity index (χ4v) is 1.11. The molecule has 4 nitrogen and oxygen atoms in total. The number of aromatic hydroxyl groups is 1. The molecular formula is C11H17ClN2O2. The van der Waals surface area contributed by atoms with Crippen molar-refractivity contribution >= 4 is 24.0 Å². The lowest BCUT2D eigenvalue weighted by atomic mass is 10.0. The maximum absolute atomic E-state index is 11.5. The lowest BCUT2D eigenvalue weighted by Crippen LogP contribution is -2.39. The molecule has 0 aliphatic carbocycles. The van der Waals surface area contributed by atoms with Crippen molar-refractivity contribution in [1.82, 2.24) is 0 Å². The molecule has 16 heavy (non-hydrogen) atoms. The molecule has 0 bridgehead atoms. The van der Waals surface area contributed by atoms with E-state index < -0.39 is 6.04 Å². The summed E-state index contributed by atoms with van der Waals surface area (Å²) in [6.45, 7) is 3.76. The summed E-state index contributed by atoms with van der Waals surface area (Å²) in [6.07, 6.45) is 0. The van der Waals surface area contributed by atoms with Gasteiger partial charge in [0.25, 0.3) is 0 Å². The minimum atomic E-state index is -0.535. The molecule has 4 N–H and O–H groups in total. The molecule has 0 saturated carbocycles. The van der Waals surface area contributed by atoms with Crippen LogP contribution in [0.15, 0.2) is 24.3 Å². The van der Waals surface area contributed by atoms with E-state index >= 15 is 0 Å². The van der Waals surface area contributed by atoms with Gasteiger partial charge < -0.3 is 16.2 Å². The van der Waals surface area contributed by atoms with Crippen LogP contribution in [-0.4, -0.2) is 17.1 Å². The van der Waals surface area contributed by atoms with E-state index in [1.807, 2.05) is 13.8 Å². The third-order valence-corrected chi connectivity index (χ3v) is 2.13. The van der Waals surface area contributed by atoms with Gasteiger partial charge in [0, 0.05) is 11.8 Å². The van der Waals surface area contributed by atoms with Crippen molar-refractivity contribution in [1.29, 1.82) is 0 Å². The Labute approximate surface area is 101 Å². The molecule has 1 amide bonds. The molecule has 1 unspecified atom stereocenters. The van der Waals surface area contributed by atoms with Crippen molar-refractivity contribution in [2.45, 2.75) is 19.9 Å². The van der Waals surface area contributed by atoms with E-state index in [9.17, 15) is 9.90 Å². The van der Waals surface area contributed by atoms with Crippen LogP contribution in [0.4, 0.5) is 5.69 Å². The largest absolute Gasteiger partial charge is 0.508 e. The predicted molar refractivity (Wildman–Crippen MR) is 66.8 cm³/mol. The molecule has 1 aromatic carbocycles. The van der Waals surface area contributed by atoms with E-state index in [4.69, 9.17) is 5.73 Å². The first kappa shape index (κ1) is 14.7. The zero-order valence-corrected chi connectivity index (χ0v) is 10.1. The second kappa shape index (κ2) is 6.35. The van der Waals surface area contributed by atoms with Gasteiger partial charge in [-0.05, 0) is 18.1 Å². The second-order valence-corrected chi connectivity index (χ2v) is 3.81. The van der Waals surface area contributed by atoms with E-state index in [0.29, 0.717) is 5.69 Å². The van der Waals surface area contributed by atoms with Crippen LogP contribution in [0.5, 0.6) is 5.75 Å². The Morgan fingerprint density at radius 3 is 2.56 bits per heavy atom. The highest BCUT2D eigenvalue weighted by molar-refractivity contribution is 5.94. The number of benzene rings is 1. The summed E-state index contributed by atoms with van der Waals surface area (Å²) in [5, 5.41) is 11.8. The number of phenolic OH excluding ortho intramolecular Hbond substituents is 1. The van der Waals surface area contributed by atoms with Gasteiger partial charge in [-0.3, -0.25) is 4.79 Å². The number of carbonyl (C=O) groups excluding carboxylic acids is 1. The number of carbonyl (C=O) groups is 1. The number of rotatable bonds is 3. The Balaban J connectivity index is 0.00000225. The van der Waals surface area contributed by atoms with Crippen LogP contribution in [0.2, 0.25) is 0 Å². The number of nitrogens with two attached hydrogens (primary N) is 1. The van der Waals surface area contributed by atoms with Crippen LogP contribution in [0, 0.1) is 5.92 Å². The zero-order chi connectivity index (χ0) is 11.4. The summed E-state index contributed by atoms with van der Waals surface area (Å²) in [4.78, 5) is 11.5. The first-order chi connectivity index (χ1) is 7.00. The Hall–Kier alpha value is -1.26. The summed E-state index contributed by atoms with van der Waals surface area (Å²) in [5.74, 6) is -0.0381. The summed E-state index contributed by atoms with van der Waals surface area (Å²) in [5.41, 5.74) is 6.22. The highest BCUT2D eigenvalue weighted by Gasteiger charge is 2.16. The lowest BCUT2D eigenvalue weighted by molar-refractivity contribution is -0.118. The second-order valence-electron chi connectivity index (χ2n) is 3.81. The smallest absolute Gasteiger partial charge is 0.241 e. The van der Waals surface area contributed by atoms with Gasteiger partial charge in [-0.2, -0.15) is 0 Å². The normalized spacial score (nSPS) is 11.8. The Kier molecular flexibility index (Phi) is 5.85. The standard InChI is InChI=1S/C11H16N2O2.ClH/c1-7(2)10(12)11(15)13-8-4-3-5-9(14)6-8;/h3-7,10,14H,12H2,1-2H3,(H,13,15);1H. The van der Waals surface area contributed by atoms with Gasteiger partial charge >= 0.3 is 0 Å². The van der Waals surface area contributed by atoms with Crippen LogP contribution in [-0.2, 0) is 4.79 Å². The number of hydrogen-bond donors (Lipinski definition) is 3. The van der Waals surface area contributed by atoms with Crippen LogP contribution in [0.25, 0.3) is 0 Å². The van der Waals surface area contributed by atoms with E-state index in [1.165, 1.54) is 12.1 Å². The quantitative estimate of drug-likeness (QED) is 0.758. The van der Waals surface area contributed by atoms with Crippen LogP contribution in [0.3, 0.4) is 0 Å². The highest BCUT2D eigenvalue weighted by atomic mass is 35.5. The average molecular weight is 245 g/mol. The molecule has 0 saturated heterocycles. The third kappa shape index (κ3) is 4.08. The average Bonchev–Trinajstić information content (AvgIpc) is 2.16. The predicted octanol–water partition coefficient (Wildman–Crippen LogP) is 1.74. The van der Waals surface area contributed by atoms with E-state index in [-0.39, 0.29) is 30.0 Å². The molecule has 5 heteroatoms. The van der Waals surface area contributed by atoms with Crippen LogP contribution in [0.1, 0.15) is 13.8 Å². The molecule has 0 heterocycles. The Bertz CT molecular complexity index is 356. The van der Waals surface area contributed by atoms with Crippen molar-refractivity contribution < 1.29 is 9.90 Å². The number of hydrogen-bond acceptors (Lipinski definition) is 3. The van der Waals surface area contributed by atoms with Crippen molar-refractivity contribution in [3.05, 3.63) is 24.3 Å². The molecule has 90 valence electrons.